The molecule has 0 saturated carbocycles. The third kappa shape index (κ3) is 4.46. The first-order chi connectivity index (χ1) is 23.0. The maximum absolute atomic E-state index is 9.07. The van der Waals surface area contributed by atoms with E-state index in [1.54, 1.807) is 4.57 Å². The monoisotopic (exact) mass is 554 g/mol. The van der Waals surface area contributed by atoms with Crippen molar-refractivity contribution in [2.24, 2.45) is 0 Å². The Morgan fingerprint density at radius 3 is 1.60 bits per heavy atom. The molecule has 2 heterocycles. The van der Waals surface area contributed by atoms with E-state index in [0.717, 1.165) is 33.4 Å². The first-order valence-electron chi connectivity index (χ1n) is 16.1. The molecule has 4 heteroatoms. The van der Waals surface area contributed by atoms with E-state index in [9.17, 15) is 0 Å². The molecule has 8 rings (SSSR count). The van der Waals surface area contributed by atoms with Crippen molar-refractivity contribution in [2.75, 3.05) is 0 Å². The van der Waals surface area contributed by atoms with Crippen molar-refractivity contribution in [1.29, 1.82) is 0 Å². The second kappa shape index (κ2) is 10.5. The van der Waals surface area contributed by atoms with Gasteiger partial charge in [0.05, 0.1) is 16.5 Å². The molecule has 0 saturated heterocycles. The van der Waals surface area contributed by atoms with E-state index in [2.05, 4.69) is 24.3 Å². The number of hydrogen-bond donors (Lipinski definition) is 0. The van der Waals surface area contributed by atoms with Crippen LogP contribution in [0.1, 0.15) is 5.48 Å². The maximum Gasteiger partial charge on any atom is 0.238 e. The molecular weight excluding hydrogens is 524 g/mol. The highest BCUT2D eigenvalue weighted by molar-refractivity contribution is 6.10. The zero-order valence-electron chi connectivity index (χ0n) is 27.0. The summed E-state index contributed by atoms with van der Waals surface area (Å²) >= 11 is 0. The second-order valence-electron chi connectivity index (χ2n) is 10.2. The summed E-state index contributed by atoms with van der Waals surface area (Å²) < 4.78 is 37.0. The van der Waals surface area contributed by atoms with E-state index >= 15 is 0 Å². The first-order valence-corrected chi connectivity index (χ1v) is 14.1. The SMILES string of the molecule is [2H]c1c([2H])c([2H])c2c(c1[2H])c1cc(-c3ccccc3-c3ccccc3)ccc1n2-c1nc(-c2ccccc2)nc(-c2ccccc2)n1. The van der Waals surface area contributed by atoms with Crippen molar-refractivity contribution in [3.05, 3.63) is 158 Å². The predicted molar refractivity (Wildman–Crippen MR) is 176 cm³/mol. The van der Waals surface area contributed by atoms with Crippen LogP contribution in [0.25, 0.3) is 72.8 Å². The zero-order valence-corrected chi connectivity index (χ0v) is 23.0. The molecule has 0 spiro atoms. The Kier molecular flexibility index (Phi) is 5.11. The third-order valence-electron chi connectivity index (χ3n) is 7.61. The smallest absolute Gasteiger partial charge is 0.238 e. The minimum Gasteiger partial charge on any atom is -0.278 e. The molecule has 0 aliphatic rings. The quantitative estimate of drug-likeness (QED) is 0.213. The Bertz CT molecular complexity index is 2390. The number of nitrogens with zero attached hydrogens (tertiary/aromatic N) is 4. The summed E-state index contributed by atoms with van der Waals surface area (Å²) in [5, 5.41) is 1.09. The summed E-state index contributed by atoms with van der Waals surface area (Å²) in [7, 11) is 0. The highest BCUT2D eigenvalue weighted by Gasteiger charge is 2.18. The molecule has 2 aromatic heterocycles. The van der Waals surface area contributed by atoms with Gasteiger partial charge in [-0.3, -0.25) is 4.57 Å². The maximum atomic E-state index is 9.07. The average Bonchev–Trinajstić information content (AvgIpc) is 3.49. The minimum absolute atomic E-state index is 0.112. The number of para-hydroxylation sites is 1. The zero-order chi connectivity index (χ0) is 32.1. The van der Waals surface area contributed by atoms with E-state index < -0.39 is 0 Å². The van der Waals surface area contributed by atoms with Crippen molar-refractivity contribution in [3.63, 3.8) is 0 Å². The highest BCUT2D eigenvalue weighted by Crippen LogP contribution is 2.37. The molecule has 0 aliphatic carbocycles. The molecule has 202 valence electrons. The Balaban J connectivity index is 1.45. The van der Waals surface area contributed by atoms with E-state index in [-0.39, 0.29) is 30.1 Å². The number of aromatic nitrogens is 4. The fraction of sp³-hybridized carbons (Fsp3) is 0. The number of benzene rings is 6. The average molecular weight is 555 g/mol. The van der Waals surface area contributed by atoms with Crippen LogP contribution in [0.5, 0.6) is 0 Å². The molecule has 0 bridgehead atoms. The van der Waals surface area contributed by atoms with E-state index in [4.69, 9.17) is 20.4 Å². The lowest BCUT2D eigenvalue weighted by Gasteiger charge is -2.12. The number of rotatable bonds is 5. The molecule has 43 heavy (non-hydrogen) atoms. The summed E-state index contributed by atoms with van der Waals surface area (Å²) in [5.74, 6) is 1.18. The molecule has 4 nitrogen and oxygen atoms in total. The van der Waals surface area contributed by atoms with Crippen LogP contribution in [-0.4, -0.2) is 19.5 Å². The van der Waals surface area contributed by atoms with Crippen molar-refractivity contribution < 1.29 is 5.48 Å². The molecule has 0 N–H and O–H groups in total. The van der Waals surface area contributed by atoms with Gasteiger partial charge in [-0.05, 0) is 40.4 Å². The lowest BCUT2D eigenvalue weighted by molar-refractivity contribution is 0.953. The number of fused-ring (bicyclic) bond motifs is 3. The molecule has 0 atom stereocenters. The molecule has 0 radical (unpaired) electrons. The summed E-state index contributed by atoms with van der Waals surface area (Å²) in [4.78, 5) is 14.7. The molecule has 8 aromatic rings. The lowest BCUT2D eigenvalue weighted by atomic mass is 9.94. The van der Waals surface area contributed by atoms with Crippen molar-refractivity contribution in [2.45, 2.75) is 0 Å². The van der Waals surface area contributed by atoms with Gasteiger partial charge < -0.3 is 0 Å². The Morgan fingerprint density at radius 2 is 0.977 bits per heavy atom. The summed E-state index contributed by atoms with van der Waals surface area (Å²) in [6.07, 6.45) is 0. The van der Waals surface area contributed by atoms with Crippen LogP contribution in [0.3, 0.4) is 0 Å². The van der Waals surface area contributed by atoms with Crippen LogP contribution in [0.2, 0.25) is 0 Å². The summed E-state index contributed by atoms with van der Waals surface area (Å²) in [6, 6.07) is 42.7. The van der Waals surface area contributed by atoms with Crippen LogP contribution in [0, 0.1) is 0 Å². The molecule has 0 fully saturated rings. The van der Waals surface area contributed by atoms with Crippen LogP contribution in [-0.2, 0) is 0 Å². The van der Waals surface area contributed by atoms with Crippen molar-refractivity contribution in [3.8, 4) is 51.0 Å². The van der Waals surface area contributed by atoms with Crippen molar-refractivity contribution in [1.82, 2.24) is 19.5 Å². The molecule has 6 aromatic carbocycles. The Morgan fingerprint density at radius 1 is 0.442 bits per heavy atom. The van der Waals surface area contributed by atoms with E-state index in [1.807, 2.05) is 109 Å². The van der Waals surface area contributed by atoms with E-state index in [1.165, 1.54) is 0 Å². The Labute approximate surface area is 255 Å². The van der Waals surface area contributed by atoms with Gasteiger partial charge in [0.25, 0.3) is 0 Å². The largest absolute Gasteiger partial charge is 0.278 e. The third-order valence-corrected chi connectivity index (χ3v) is 7.61. The highest BCUT2D eigenvalue weighted by atomic mass is 15.2. The predicted octanol–water partition coefficient (Wildman–Crippen LogP) is 9.64. The van der Waals surface area contributed by atoms with Gasteiger partial charge in [-0.15, -0.1) is 0 Å². The molecule has 0 aliphatic heterocycles. The van der Waals surface area contributed by atoms with Crippen molar-refractivity contribution >= 4 is 21.8 Å². The van der Waals surface area contributed by atoms with Gasteiger partial charge >= 0.3 is 0 Å². The normalized spacial score (nSPS) is 12.6. The van der Waals surface area contributed by atoms with Gasteiger partial charge in [-0.1, -0.05) is 139 Å². The van der Waals surface area contributed by atoms with E-state index in [0.29, 0.717) is 33.5 Å². The summed E-state index contributed by atoms with van der Waals surface area (Å²) in [6.45, 7) is 0. The minimum atomic E-state index is -0.318. The van der Waals surface area contributed by atoms with Gasteiger partial charge in [0, 0.05) is 21.9 Å². The number of hydrogen-bond acceptors (Lipinski definition) is 3. The molecular formula is C39H26N4. The second-order valence-corrected chi connectivity index (χ2v) is 10.2. The van der Waals surface area contributed by atoms with Gasteiger partial charge in [0.15, 0.2) is 11.6 Å². The van der Waals surface area contributed by atoms with Crippen LogP contribution >= 0.6 is 0 Å². The van der Waals surface area contributed by atoms with Gasteiger partial charge in [0.1, 0.15) is 0 Å². The fourth-order valence-electron chi connectivity index (χ4n) is 5.60. The fourth-order valence-corrected chi connectivity index (χ4v) is 5.60. The lowest BCUT2D eigenvalue weighted by Crippen LogP contribution is -2.06. The van der Waals surface area contributed by atoms with Gasteiger partial charge in [-0.25, -0.2) is 4.98 Å². The van der Waals surface area contributed by atoms with Gasteiger partial charge in [-0.2, -0.15) is 9.97 Å². The van der Waals surface area contributed by atoms with Gasteiger partial charge in [0.2, 0.25) is 5.95 Å². The standard InChI is InChI=1S/C39H26N4/c1-4-14-27(15-5-1)31-20-10-11-21-32(31)30-24-25-36-34(26-30)33-22-12-13-23-35(33)43(36)39-41-37(28-16-6-2-7-17-28)40-38(42-39)29-18-8-3-9-19-29/h1-26H/i12D,13D,22D,23D. The molecule has 0 amide bonds. The van der Waals surface area contributed by atoms with Crippen LogP contribution < -0.4 is 0 Å². The summed E-state index contributed by atoms with van der Waals surface area (Å²) in [5.41, 5.74) is 6.66. The Hall–Kier alpha value is -5.87. The molecule has 0 unspecified atom stereocenters. The topological polar surface area (TPSA) is 43.6 Å². The first kappa shape index (κ1) is 20.9. The van der Waals surface area contributed by atoms with Crippen LogP contribution in [0.4, 0.5) is 0 Å². The van der Waals surface area contributed by atoms with Crippen LogP contribution in [0.15, 0.2) is 158 Å².